The highest BCUT2D eigenvalue weighted by molar-refractivity contribution is 9.11. The molecule has 0 aromatic heterocycles. The third kappa shape index (κ3) is 5.53. The number of nitrogens with one attached hydrogen (secondary N) is 1. The zero-order valence-electron chi connectivity index (χ0n) is 19.7. The van der Waals surface area contributed by atoms with Crippen LogP contribution in [0.4, 0.5) is 5.69 Å². The number of amides is 2. The zero-order chi connectivity index (χ0) is 26.0. The quantitative estimate of drug-likeness (QED) is 0.198. The molecule has 1 aliphatic rings. The van der Waals surface area contributed by atoms with Crippen molar-refractivity contribution in [3.05, 3.63) is 91.4 Å². The van der Waals surface area contributed by atoms with Crippen molar-refractivity contribution < 1.29 is 19.1 Å². The van der Waals surface area contributed by atoms with Crippen molar-refractivity contribution in [3.63, 3.8) is 0 Å². The molecule has 0 aliphatic carbocycles. The van der Waals surface area contributed by atoms with Gasteiger partial charge in [0.05, 0.1) is 12.8 Å². The van der Waals surface area contributed by atoms with Gasteiger partial charge in [0.2, 0.25) is 0 Å². The molecule has 0 spiro atoms. The third-order valence-electron chi connectivity index (χ3n) is 5.59. The number of carbonyl (C=O) groups is 2. The number of aryl methyl sites for hydroxylation is 2. The number of ether oxygens (including phenoxy) is 2. The lowest BCUT2D eigenvalue weighted by atomic mass is 10.0. The van der Waals surface area contributed by atoms with Crippen LogP contribution in [0.15, 0.2) is 69.1 Å². The zero-order valence-corrected chi connectivity index (χ0v) is 23.7. The molecule has 36 heavy (non-hydrogen) atoms. The van der Waals surface area contributed by atoms with Gasteiger partial charge >= 0.3 is 0 Å². The second-order valence-corrected chi connectivity index (χ2v) is 10.3. The number of nitrogens with zero attached hydrogens (tertiary/aromatic N) is 1. The Morgan fingerprint density at radius 2 is 1.78 bits per heavy atom. The highest BCUT2D eigenvalue weighted by atomic mass is 79.9. The second kappa shape index (κ2) is 10.9. The minimum Gasteiger partial charge on any atom is -0.493 e. The van der Waals surface area contributed by atoms with Gasteiger partial charge in [-0.3, -0.25) is 19.8 Å². The van der Waals surface area contributed by atoms with Crippen molar-refractivity contribution in [3.8, 4) is 11.5 Å². The van der Waals surface area contributed by atoms with Gasteiger partial charge in [0.15, 0.2) is 16.6 Å². The van der Waals surface area contributed by atoms with Crippen LogP contribution in [0.3, 0.4) is 0 Å². The maximum absolute atomic E-state index is 13.4. The molecule has 0 bridgehead atoms. The monoisotopic (exact) mass is 628 g/mol. The molecular weight excluding hydrogens is 608 g/mol. The average Bonchev–Trinajstić information content (AvgIpc) is 2.82. The van der Waals surface area contributed by atoms with Gasteiger partial charge in [-0.1, -0.05) is 61.7 Å². The molecule has 2 amide bonds. The Kier molecular flexibility index (Phi) is 7.92. The predicted molar refractivity (Wildman–Crippen MR) is 151 cm³/mol. The van der Waals surface area contributed by atoms with Crippen LogP contribution in [-0.4, -0.2) is 24.0 Å². The minimum atomic E-state index is -0.551. The van der Waals surface area contributed by atoms with E-state index in [9.17, 15) is 9.59 Å². The Labute approximate surface area is 231 Å². The molecule has 1 fully saturated rings. The smallest absolute Gasteiger partial charge is 0.270 e. The van der Waals surface area contributed by atoms with Crippen molar-refractivity contribution >= 4 is 72.8 Å². The Balaban J connectivity index is 1.61. The first kappa shape index (κ1) is 26.1. The van der Waals surface area contributed by atoms with E-state index in [1.165, 1.54) is 18.1 Å². The number of rotatable bonds is 6. The number of carbonyl (C=O) groups excluding carboxylic acids is 2. The molecule has 184 valence electrons. The summed E-state index contributed by atoms with van der Waals surface area (Å²) < 4.78 is 13.4. The minimum absolute atomic E-state index is 0.0295. The summed E-state index contributed by atoms with van der Waals surface area (Å²) in [6.07, 6.45) is 1.52. The summed E-state index contributed by atoms with van der Waals surface area (Å²) >= 11 is 12.3. The fraction of sp³-hybridized carbons (Fsp3) is 0.148. The first-order valence-corrected chi connectivity index (χ1v) is 12.9. The Bertz CT molecular complexity index is 1420. The maximum atomic E-state index is 13.4. The molecule has 0 unspecified atom stereocenters. The van der Waals surface area contributed by atoms with Crippen LogP contribution < -0.4 is 19.7 Å². The van der Waals surface area contributed by atoms with Crippen LogP contribution in [0, 0.1) is 13.8 Å². The number of hydrogen-bond acceptors (Lipinski definition) is 5. The van der Waals surface area contributed by atoms with Crippen LogP contribution >= 0.6 is 44.1 Å². The van der Waals surface area contributed by atoms with Crippen LogP contribution in [0.25, 0.3) is 6.08 Å². The summed E-state index contributed by atoms with van der Waals surface area (Å²) in [4.78, 5) is 27.4. The van der Waals surface area contributed by atoms with Gasteiger partial charge in [-0.05, 0) is 73.6 Å². The summed E-state index contributed by atoms with van der Waals surface area (Å²) in [5, 5.41) is 2.67. The summed E-state index contributed by atoms with van der Waals surface area (Å²) in [5.74, 6) is -0.0320. The van der Waals surface area contributed by atoms with E-state index >= 15 is 0 Å². The van der Waals surface area contributed by atoms with Crippen LogP contribution in [0.1, 0.15) is 22.3 Å². The SMILES string of the molecule is COc1cc(/C=C2\C(=O)NC(=S)N(c3ccc(C)cc3C)C2=O)ccc1OCc1ccc(Br)cc1Br. The highest BCUT2D eigenvalue weighted by Gasteiger charge is 2.35. The molecule has 0 saturated carbocycles. The first-order valence-electron chi connectivity index (χ1n) is 10.9. The molecule has 1 aliphatic heterocycles. The molecule has 4 rings (SSSR count). The van der Waals surface area contributed by atoms with Crippen molar-refractivity contribution in [2.24, 2.45) is 0 Å². The lowest BCUT2D eigenvalue weighted by Gasteiger charge is -2.30. The van der Waals surface area contributed by atoms with E-state index in [0.29, 0.717) is 29.4 Å². The van der Waals surface area contributed by atoms with E-state index in [0.717, 1.165) is 25.6 Å². The number of anilines is 1. The van der Waals surface area contributed by atoms with Crippen LogP contribution in [0.2, 0.25) is 0 Å². The fourth-order valence-corrected chi connectivity index (χ4v) is 5.22. The normalized spacial score (nSPS) is 14.8. The Morgan fingerprint density at radius 3 is 2.47 bits per heavy atom. The van der Waals surface area contributed by atoms with Crippen molar-refractivity contribution in [1.29, 1.82) is 0 Å². The van der Waals surface area contributed by atoms with Gasteiger partial charge in [0.25, 0.3) is 11.8 Å². The molecule has 1 saturated heterocycles. The van der Waals surface area contributed by atoms with Crippen molar-refractivity contribution in [1.82, 2.24) is 5.32 Å². The number of hydrogen-bond donors (Lipinski definition) is 1. The fourth-order valence-electron chi connectivity index (χ4n) is 3.79. The first-order chi connectivity index (χ1) is 17.2. The van der Waals surface area contributed by atoms with E-state index in [-0.39, 0.29) is 10.7 Å². The van der Waals surface area contributed by atoms with Crippen LogP contribution in [-0.2, 0) is 16.2 Å². The molecule has 9 heteroatoms. The highest BCUT2D eigenvalue weighted by Crippen LogP contribution is 2.32. The molecule has 1 heterocycles. The lowest BCUT2D eigenvalue weighted by Crippen LogP contribution is -2.54. The average molecular weight is 630 g/mol. The van der Waals surface area contributed by atoms with Gasteiger partial charge < -0.3 is 9.47 Å². The molecule has 3 aromatic rings. The molecule has 1 N–H and O–H groups in total. The van der Waals surface area contributed by atoms with Crippen LogP contribution in [0.5, 0.6) is 11.5 Å². The van der Waals surface area contributed by atoms with Crippen molar-refractivity contribution in [2.75, 3.05) is 12.0 Å². The van der Waals surface area contributed by atoms with Crippen molar-refractivity contribution in [2.45, 2.75) is 20.5 Å². The summed E-state index contributed by atoms with van der Waals surface area (Å²) in [5.41, 5.74) is 4.12. The summed E-state index contributed by atoms with van der Waals surface area (Å²) in [6, 6.07) is 16.7. The Hall–Kier alpha value is -3.01. The third-order valence-corrected chi connectivity index (χ3v) is 7.11. The number of benzene rings is 3. The van der Waals surface area contributed by atoms with Gasteiger partial charge in [-0.25, -0.2) is 0 Å². The summed E-state index contributed by atoms with van der Waals surface area (Å²) in [6.45, 7) is 4.20. The molecule has 0 radical (unpaired) electrons. The standard InChI is InChI=1S/C27H22Br2N2O4S/c1-15-4-8-22(16(2)10-15)31-26(33)20(25(32)30-27(31)36)11-17-5-9-23(24(12-17)34-3)35-14-18-6-7-19(28)13-21(18)29/h4-13H,14H2,1-3H3,(H,30,32,36)/b20-11+. The topological polar surface area (TPSA) is 67.9 Å². The predicted octanol–water partition coefficient (Wildman–Crippen LogP) is 6.25. The van der Waals surface area contributed by atoms with E-state index < -0.39 is 11.8 Å². The molecule has 0 atom stereocenters. The van der Waals surface area contributed by atoms with E-state index in [4.69, 9.17) is 21.7 Å². The van der Waals surface area contributed by atoms with E-state index in [2.05, 4.69) is 37.2 Å². The molecule has 3 aromatic carbocycles. The summed E-state index contributed by atoms with van der Waals surface area (Å²) in [7, 11) is 1.54. The Morgan fingerprint density at radius 1 is 1.00 bits per heavy atom. The van der Waals surface area contributed by atoms with E-state index in [1.807, 2.05) is 50.2 Å². The van der Waals surface area contributed by atoms with Gasteiger partial charge in [-0.15, -0.1) is 0 Å². The number of methoxy groups -OCH3 is 1. The maximum Gasteiger partial charge on any atom is 0.270 e. The van der Waals surface area contributed by atoms with E-state index in [1.54, 1.807) is 18.2 Å². The molecule has 6 nitrogen and oxygen atoms in total. The number of halogens is 2. The second-order valence-electron chi connectivity index (χ2n) is 8.18. The molecular formula is C27H22Br2N2O4S. The van der Waals surface area contributed by atoms with Gasteiger partial charge in [-0.2, -0.15) is 0 Å². The lowest BCUT2D eigenvalue weighted by molar-refractivity contribution is -0.122. The number of thiocarbonyl (C=S) groups is 1. The van der Waals surface area contributed by atoms with Gasteiger partial charge in [0, 0.05) is 14.5 Å². The largest absolute Gasteiger partial charge is 0.493 e. The van der Waals surface area contributed by atoms with Gasteiger partial charge in [0.1, 0.15) is 12.2 Å².